The number of aromatic amines is 1. The zero-order valence-electron chi connectivity index (χ0n) is 27.7. The van der Waals surface area contributed by atoms with E-state index in [0.29, 0.717) is 0 Å². The fourth-order valence-electron chi connectivity index (χ4n) is 5.50. The second kappa shape index (κ2) is 17.5. The maximum atomic E-state index is 14.1. The number of H-pyrrole nitrogens is 1. The number of amides is 4. The first-order valence-corrected chi connectivity index (χ1v) is 16.4. The number of aromatic nitrogens is 1. The van der Waals surface area contributed by atoms with Gasteiger partial charge in [0, 0.05) is 30.1 Å². The molecule has 11 heteroatoms. The van der Waals surface area contributed by atoms with Crippen LogP contribution in [0.5, 0.6) is 0 Å². The summed E-state index contributed by atoms with van der Waals surface area (Å²) in [5.74, 6) is -1.89. The zero-order chi connectivity index (χ0) is 35.3. The Morgan fingerprint density at radius 3 is 1.96 bits per heavy atom. The standard InChI is InChI=1S/C39H41N5O6/c1-26(42-39(49)50-25-29-17-9-4-10-18-29)36(46)44-34(22-30-24-40-32-20-12-11-19-31(30)32)37(47)43-33(21-27-13-5-2-6-14-27)35(45)38(48)41-23-28-15-7-3-8-16-28/h2-20,24,26,33-35,40,45H,21-23,25H2,1H3,(H,41,48)(H,42,49)(H,43,47)(H,44,46)/t26-,33?,34-,35?/m0/s1. The van der Waals surface area contributed by atoms with Crippen LogP contribution in [0.4, 0.5) is 4.79 Å². The number of carbonyl (C=O) groups is 4. The van der Waals surface area contributed by atoms with E-state index in [-0.39, 0.29) is 26.0 Å². The van der Waals surface area contributed by atoms with E-state index in [9.17, 15) is 24.3 Å². The number of alkyl carbamates (subject to hydrolysis) is 1. The van der Waals surface area contributed by atoms with Gasteiger partial charge in [0.05, 0.1) is 6.04 Å². The molecule has 50 heavy (non-hydrogen) atoms. The molecule has 4 atom stereocenters. The Hall–Kier alpha value is -5.94. The average Bonchev–Trinajstić information content (AvgIpc) is 3.55. The normalized spacial score (nSPS) is 13.3. The molecule has 0 fully saturated rings. The van der Waals surface area contributed by atoms with Crippen LogP contribution in [-0.2, 0) is 45.1 Å². The van der Waals surface area contributed by atoms with Crippen LogP contribution in [0.25, 0.3) is 10.9 Å². The van der Waals surface area contributed by atoms with E-state index in [1.807, 2.05) is 115 Å². The van der Waals surface area contributed by atoms with Crippen LogP contribution in [-0.4, -0.2) is 58.1 Å². The van der Waals surface area contributed by atoms with Crippen LogP contribution < -0.4 is 21.3 Å². The molecule has 4 aromatic carbocycles. The van der Waals surface area contributed by atoms with E-state index in [1.165, 1.54) is 6.92 Å². The Bertz CT molecular complexity index is 1870. The maximum absolute atomic E-state index is 14.1. The van der Waals surface area contributed by atoms with E-state index < -0.39 is 48.0 Å². The SMILES string of the molecule is C[C@H](NC(=O)OCc1ccccc1)C(=O)N[C@@H](Cc1c[nH]c2ccccc12)C(=O)NC(Cc1ccccc1)C(O)C(=O)NCc1ccccc1. The smallest absolute Gasteiger partial charge is 0.408 e. The van der Waals surface area contributed by atoms with Crippen LogP contribution in [0.1, 0.15) is 29.2 Å². The van der Waals surface area contributed by atoms with Crippen molar-refractivity contribution in [1.29, 1.82) is 0 Å². The quantitative estimate of drug-likeness (QED) is 0.0987. The Labute approximate surface area is 290 Å². The van der Waals surface area contributed by atoms with Gasteiger partial charge in [0.1, 0.15) is 18.7 Å². The highest BCUT2D eigenvalue weighted by Crippen LogP contribution is 2.20. The highest BCUT2D eigenvalue weighted by Gasteiger charge is 2.32. The fourth-order valence-corrected chi connectivity index (χ4v) is 5.50. The molecule has 11 nitrogen and oxygen atoms in total. The highest BCUT2D eigenvalue weighted by molar-refractivity contribution is 5.93. The fraction of sp³-hybridized carbons (Fsp3) is 0.231. The first kappa shape index (κ1) is 35.4. The minimum Gasteiger partial charge on any atom is -0.445 e. The van der Waals surface area contributed by atoms with E-state index >= 15 is 0 Å². The van der Waals surface area contributed by atoms with Crippen molar-refractivity contribution in [1.82, 2.24) is 26.3 Å². The molecule has 2 unspecified atom stereocenters. The minimum absolute atomic E-state index is 0.0245. The number of nitrogens with one attached hydrogen (secondary N) is 5. The lowest BCUT2D eigenvalue weighted by Crippen LogP contribution is -2.58. The van der Waals surface area contributed by atoms with Crippen LogP contribution in [0.3, 0.4) is 0 Å². The van der Waals surface area contributed by atoms with Gasteiger partial charge in [-0.25, -0.2) is 4.79 Å². The summed E-state index contributed by atoms with van der Waals surface area (Å²) in [5, 5.41) is 23.0. The second-order valence-corrected chi connectivity index (χ2v) is 12.0. The lowest BCUT2D eigenvalue weighted by Gasteiger charge is -2.27. The zero-order valence-corrected chi connectivity index (χ0v) is 27.7. The first-order chi connectivity index (χ1) is 24.3. The van der Waals surface area contributed by atoms with Crippen molar-refractivity contribution in [3.8, 4) is 0 Å². The van der Waals surface area contributed by atoms with Gasteiger partial charge in [0.15, 0.2) is 6.10 Å². The highest BCUT2D eigenvalue weighted by atomic mass is 16.5. The number of hydrogen-bond donors (Lipinski definition) is 6. The number of carbonyl (C=O) groups excluding carboxylic acids is 4. The molecule has 0 bridgehead atoms. The minimum atomic E-state index is -1.60. The largest absolute Gasteiger partial charge is 0.445 e. The van der Waals surface area contributed by atoms with Crippen LogP contribution >= 0.6 is 0 Å². The molecule has 0 aliphatic rings. The monoisotopic (exact) mass is 675 g/mol. The van der Waals surface area contributed by atoms with Crippen molar-refractivity contribution < 1.29 is 29.0 Å². The van der Waals surface area contributed by atoms with Crippen molar-refractivity contribution >= 4 is 34.7 Å². The van der Waals surface area contributed by atoms with Gasteiger partial charge in [-0.2, -0.15) is 0 Å². The third-order valence-corrected chi connectivity index (χ3v) is 8.26. The number of hydrogen-bond acceptors (Lipinski definition) is 6. The van der Waals surface area contributed by atoms with E-state index in [1.54, 1.807) is 6.20 Å². The molecule has 0 spiro atoms. The number of para-hydroxylation sites is 1. The first-order valence-electron chi connectivity index (χ1n) is 16.4. The van der Waals surface area contributed by atoms with Crippen LogP contribution in [0, 0.1) is 0 Å². The predicted octanol–water partition coefficient (Wildman–Crippen LogP) is 3.91. The summed E-state index contributed by atoms with van der Waals surface area (Å²) in [4.78, 5) is 56.3. The molecule has 258 valence electrons. The molecule has 0 radical (unpaired) electrons. The number of rotatable bonds is 15. The Morgan fingerprint density at radius 1 is 0.680 bits per heavy atom. The molecule has 4 amide bonds. The van der Waals surface area contributed by atoms with Gasteiger partial charge in [-0.3, -0.25) is 14.4 Å². The van der Waals surface area contributed by atoms with Gasteiger partial charge in [-0.1, -0.05) is 109 Å². The number of fused-ring (bicyclic) bond motifs is 1. The molecule has 1 heterocycles. The maximum Gasteiger partial charge on any atom is 0.408 e. The van der Waals surface area contributed by atoms with E-state index in [0.717, 1.165) is 33.2 Å². The lowest BCUT2D eigenvalue weighted by molar-refractivity contribution is -0.134. The molecule has 6 N–H and O–H groups in total. The van der Waals surface area contributed by atoms with Gasteiger partial charge < -0.3 is 36.1 Å². The van der Waals surface area contributed by atoms with E-state index in [2.05, 4.69) is 26.3 Å². The van der Waals surface area contributed by atoms with Gasteiger partial charge in [0.2, 0.25) is 11.8 Å². The van der Waals surface area contributed by atoms with Gasteiger partial charge in [0.25, 0.3) is 5.91 Å². The topological polar surface area (TPSA) is 162 Å². The van der Waals surface area contributed by atoms with Crippen molar-refractivity contribution in [2.75, 3.05) is 0 Å². The molecule has 5 rings (SSSR count). The van der Waals surface area contributed by atoms with Gasteiger partial charge in [-0.15, -0.1) is 0 Å². The molecular formula is C39H41N5O6. The summed E-state index contributed by atoms with van der Waals surface area (Å²) >= 11 is 0. The second-order valence-electron chi connectivity index (χ2n) is 12.0. The van der Waals surface area contributed by atoms with Gasteiger partial charge >= 0.3 is 6.09 Å². The predicted molar refractivity (Wildman–Crippen MR) is 190 cm³/mol. The molecule has 1 aromatic heterocycles. The van der Waals surface area contributed by atoms with Crippen LogP contribution in [0.2, 0.25) is 0 Å². The Morgan fingerprint density at radius 2 is 1.28 bits per heavy atom. The summed E-state index contributed by atoms with van der Waals surface area (Å²) in [6, 6.07) is 31.9. The summed E-state index contributed by atoms with van der Waals surface area (Å²) in [6.45, 7) is 1.70. The van der Waals surface area contributed by atoms with Gasteiger partial charge in [-0.05, 0) is 41.7 Å². The number of benzene rings is 4. The molecule has 0 saturated carbocycles. The summed E-state index contributed by atoms with van der Waals surface area (Å²) in [6.07, 6.45) is -0.395. The number of ether oxygens (including phenoxy) is 1. The summed E-state index contributed by atoms with van der Waals surface area (Å²) < 4.78 is 5.26. The molecule has 0 saturated heterocycles. The third kappa shape index (κ3) is 10.0. The third-order valence-electron chi connectivity index (χ3n) is 8.26. The number of aliphatic hydroxyl groups excluding tert-OH is 1. The Balaban J connectivity index is 1.31. The average molecular weight is 676 g/mol. The lowest BCUT2D eigenvalue weighted by atomic mass is 9.98. The van der Waals surface area contributed by atoms with Crippen molar-refractivity contribution in [2.45, 2.75) is 57.1 Å². The number of aliphatic hydroxyl groups is 1. The van der Waals surface area contributed by atoms with Crippen molar-refractivity contribution in [2.24, 2.45) is 0 Å². The van der Waals surface area contributed by atoms with Crippen LogP contribution in [0.15, 0.2) is 121 Å². The van der Waals surface area contributed by atoms with Crippen molar-refractivity contribution in [3.05, 3.63) is 144 Å². The Kier molecular flexibility index (Phi) is 12.3. The van der Waals surface area contributed by atoms with E-state index in [4.69, 9.17) is 4.74 Å². The van der Waals surface area contributed by atoms with Crippen molar-refractivity contribution in [3.63, 3.8) is 0 Å². The summed E-state index contributed by atoms with van der Waals surface area (Å²) in [5.41, 5.74) is 4.05. The molecular weight excluding hydrogens is 634 g/mol. The summed E-state index contributed by atoms with van der Waals surface area (Å²) in [7, 11) is 0. The molecule has 0 aliphatic heterocycles. The molecule has 0 aliphatic carbocycles. The molecule has 5 aromatic rings.